The molecular weight excluding hydrogens is 444 g/mol. The van der Waals surface area contributed by atoms with Gasteiger partial charge in [0.15, 0.2) is 6.61 Å². The van der Waals surface area contributed by atoms with Crippen LogP contribution in [0.25, 0.3) is 11.3 Å². The molecule has 1 aromatic carbocycles. The summed E-state index contributed by atoms with van der Waals surface area (Å²) in [5, 5.41) is 4.57. The number of rotatable bonds is 7. The van der Waals surface area contributed by atoms with E-state index >= 15 is 0 Å². The summed E-state index contributed by atoms with van der Waals surface area (Å²) in [6.07, 6.45) is 1.66. The molecule has 2 aromatic rings. The van der Waals surface area contributed by atoms with E-state index in [1.54, 1.807) is 35.6 Å². The molecular formula is C24H27F2N5O3. The highest BCUT2D eigenvalue weighted by molar-refractivity contribution is 6.03. The molecule has 1 aliphatic heterocycles. The van der Waals surface area contributed by atoms with Gasteiger partial charge in [-0.1, -0.05) is 24.6 Å². The minimum atomic E-state index is -3.19. The highest BCUT2D eigenvalue weighted by Crippen LogP contribution is 2.35. The second kappa shape index (κ2) is 9.95. The molecule has 180 valence electrons. The van der Waals surface area contributed by atoms with Gasteiger partial charge >= 0.3 is 0 Å². The summed E-state index contributed by atoms with van der Waals surface area (Å²) in [5.74, 6) is 1.27. The second-order valence-corrected chi connectivity index (χ2v) is 8.05. The lowest BCUT2D eigenvalue weighted by atomic mass is 10.0. The second-order valence-electron chi connectivity index (χ2n) is 8.05. The van der Waals surface area contributed by atoms with Gasteiger partial charge < -0.3 is 21.1 Å². The predicted octanol–water partition coefficient (Wildman–Crippen LogP) is 2.93. The quantitative estimate of drug-likeness (QED) is 0.476. The van der Waals surface area contributed by atoms with Crippen molar-refractivity contribution in [2.75, 3.05) is 25.4 Å². The van der Waals surface area contributed by atoms with Gasteiger partial charge in [0.05, 0.1) is 6.04 Å². The number of aryl methyl sites for hydroxylation is 1. The minimum Gasteiger partial charge on any atom is -0.487 e. The number of carbonyl (C=O) groups excluding carboxylic acids is 2. The number of benzene rings is 1. The van der Waals surface area contributed by atoms with Crippen molar-refractivity contribution in [2.45, 2.75) is 38.7 Å². The van der Waals surface area contributed by atoms with E-state index in [1.165, 1.54) is 6.07 Å². The maximum absolute atomic E-state index is 13.6. The molecule has 0 radical (unpaired) electrons. The van der Waals surface area contributed by atoms with Crippen LogP contribution in [0.5, 0.6) is 5.75 Å². The van der Waals surface area contributed by atoms with Gasteiger partial charge in [-0.05, 0) is 50.3 Å². The molecule has 3 rings (SSSR count). The topological polar surface area (TPSA) is 116 Å². The summed E-state index contributed by atoms with van der Waals surface area (Å²) in [5.41, 5.74) is 13.2. The Morgan fingerprint density at radius 2 is 2.03 bits per heavy atom. The third-order valence-corrected chi connectivity index (χ3v) is 5.70. The van der Waals surface area contributed by atoms with E-state index in [0.717, 1.165) is 0 Å². The van der Waals surface area contributed by atoms with Crippen molar-refractivity contribution < 1.29 is 23.1 Å². The van der Waals surface area contributed by atoms with Crippen molar-refractivity contribution in [1.82, 2.24) is 14.7 Å². The fourth-order valence-corrected chi connectivity index (χ4v) is 3.81. The molecule has 0 spiro atoms. The third-order valence-electron chi connectivity index (χ3n) is 5.70. The normalized spacial score (nSPS) is 14.3. The van der Waals surface area contributed by atoms with Gasteiger partial charge in [0, 0.05) is 18.7 Å². The van der Waals surface area contributed by atoms with Gasteiger partial charge in [-0.15, -0.1) is 0 Å². The van der Waals surface area contributed by atoms with Crippen molar-refractivity contribution in [3.63, 3.8) is 0 Å². The number of anilines is 1. The fourth-order valence-electron chi connectivity index (χ4n) is 3.81. The molecule has 0 unspecified atom stereocenters. The molecule has 0 saturated carbocycles. The number of carbonyl (C=O) groups is 2. The number of nitrogen functional groups attached to an aromatic ring is 1. The number of halogens is 2. The molecule has 1 saturated heterocycles. The van der Waals surface area contributed by atoms with Crippen molar-refractivity contribution in [3.8, 4) is 28.8 Å². The molecule has 10 heteroatoms. The molecule has 1 fully saturated rings. The predicted molar refractivity (Wildman–Crippen MR) is 124 cm³/mol. The fraction of sp³-hybridized carbons (Fsp3) is 0.375. The number of piperidine rings is 1. The minimum absolute atomic E-state index is 0.0431. The van der Waals surface area contributed by atoms with Crippen molar-refractivity contribution in [1.29, 1.82) is 0 Å². The van der Waals surface area contributed by atoms with Gasteiger partial charge in [0.1, 0.15) is 22.8 Å². The van der Waals surface area contributed by atoms with Crippen LogP contribution in [0.15, 0.2) is 30.9 Å². The van der Waals surface area contributed by atoms with Crippen LogP contribution in [0.1, 0.15) is 41.7 Å². The number of aromatic nitrogens is 2. The molecule has 1 aliphatic rings. The summed E-state index contributed by atoms with van der Waals surface area (Å²) in [6, 6.07) is 4.74. The van der Waals surface area contributed by atoms with E-state index in [9.17, 15) is 18.4 Å². The Balaban J connectivity index is 1.92. The smallest absolute Gasteiger partial charge is 0.299 e. The van der Waals surface area contributed by atoms with Crippen LogP contribution in [0, 0.1) is 18.8 Å². The van der Waals surface area contributed by atoms with Gasteiger partial charge in [0.25, 0.3) is 17.7 Å². The first-order chi connectivity index (χ1) is 16.1. The van der Waals surface area contributed by atoms with Gasteiger partial charge in [-0.2, -0.15) is 13.9 Å². The van der Waals surface area contributed by atoms with E-state index in [4.69, 9.17) is 16.2 Å². The number of amides is 2. The Morgan fingerprint density at radius 3 is 2.62 bits per heavy atom. The Labute approximate surface area is 196 Å². The molecule has 8 nitrogen and oxygen atoms in total. The molecule has 4 N–H and O–H groups in total. The standard InChI is InChI=1S/C24H27F2N5O3/c1-4-6-19(32)30-11-9-17(10-12-30)31-22(27)20(23(28)33)21(29-31)16-8-7-15(3)18(13-16)34-14-24(25,26)5-2/h5,7-8,13,17H,2,9-12,14,27H2,1,3H3,(H2,28,33). The number of hydrogen-bond donors (Lipinski definition) is 2. The number of alkyl halides is 2. The van der Waals surface area contributed by atoms with Crippen molar-refractivity contribution >= 4 is 17.6 Å². The number of nitrogens with two attached hydrogens (primary N) is 2. The average Bonchev–Trinajstić information content (AvgIpc) is 3.16. The first-order valence-electron chi connectivity index (χ1n) is 10.7. The van der Waals surface area contributed by atoms with Crippen molar-refractivity contribution in [3.05, 3.63) is 42.0 Å². The number of ether oxygens (including phenoxy) is 1. The number of hydrogen-bond acceptors (Lipinski definition) is 5. The van der Waals surface area contributed by atoms with E-state index in [0.29, 0.717) is 43.1 Å². The lowest BCUT2D eigenvalue weighted by Gasteiger charge is -2.31. The molecule has 0 atom stereocenters. The van der Waals surface area contributed by atoms with Gasteiger partial charge in [-0.25, -0.2) is 4.68 Å². The van der Waals surface area contributed by atoms with Gasteiger partial charge in [-0.3, -0.25) is 9.59 Å². The zero-order valence-electron chi connectivity index (χ0n) is 19.1. The first-order valence-corrected chi connectivity index (χ1v) is 10.7. The SMILES string of the molecule is C=CC(F)(F)COc1cc(-c2nn(C3CCN(C(=O)C#CC)CC3)c(N)c2C(N)=O)ccc1C. The van der Waals surface area contributed by atoms with Crippen LogP contribution >= 0.6 is 0 Å². The van der Waals surface area contributed by atoms with Crippen LogP contribution in [0.4, 0.5) is 14.6 Å². The highest BCUT2D eigenvalue weighted by atomic mass is 19.3. The van der Waals surface area contributed by atoms with E-state index in [2.05, 4.69) is 23.5 Å². The number of likely N-dealkylation sites (tertiary alicyclic amines) is 1. The zero-order valence-corrected chi connectivity index (χ0v) is 19.1. The summed E-state index contributed by atoms with van der Waals surface area (Å²) in [6.45, 7) is 6.49. The number of nitrogens with zero attached hydrogens (tertiary/aromatic N) is 3. The largest absolute Gasteiger partial charge is 0.487 e. The van der Waals surface area contributed by atoms with Crippen LogP contribution in [-0.2, 0) is 4.79 Å². The Morgan fingerprint density at radius 1 is 1.35 bits per heavy atom. The summed E-state index contributed by atoms with van der Waals surface area (Å²) in [7, 11) is 0. The molecule has 0 aliphatic carbocycles. The van der Waals surface area contributed by atoms with Crippen LogP contribution in [0.2, 0.25) is 0 Å². The molecule has 2 heterocycles. The Hall–Kier alpha value is -3.87. The zero-order chi connectivity index (χ0) is 25.0. The van der Waals surface area contributed by atoms with Gasteiger partial charge in [0.2, 0.25) is 0 Å². The van der Waals surface area contributed by atoms with Crippen LogP contribution in [0.3, 0.4) is 0 Å². The van der Waals surface area contributed by atoms with E-state index in [-0.39, 0.29) is 34.8 Å². The number of primary amides is 1. The van der Waals surface area contributed by atoms with E-state index < -0.39 is 18.4 Å². The highest BCUT2D eigenvalue weighted by Gasteiger charge is 2.30. The van der Waals surface area contributed by atoms with Crippen LogP contribution in [-0.4, -0.2) is 52.1 Å². The maximum Gasteiger partial charge on any atom is 0.299 e. The molecule has 1 aromatic heterocycles. The molecule has 34 heavy (non-hydrogen) atoms. The lowest BCUT2D eigenvalue weighted by molar-refractivity contribution is -0.126. The molecule has 2 amide bonds. The Bertz CT molecular complexity index is 1170. The van der Waals surface area contributed by atoms with Crippen molar-refractivity contribution in [2.24, 2.45) is 5.73 Å². The van der Waals surface area contributed by atoms with Crippen LogP contribution < -0.4 is 16.2 Å². The monoisotopic (exact) mass is 471 g/mol. The third kappa shape index (κ3) is 5.20. The average molecular weight is 472 g/mol. The first kappa shape index (κ1) is 24.8. The summed E-state index contributed by atoms with van der Waals surface area (Å²) >= 11 is 0. The lowest BCUT2D eigenvalue weighted by Crippen LogP contribution is -2.38. The summed E-state index contributed by atoms with van der Waals surface area (Å²) < 4.78 is 34.0. The van der Waals surface area contributed by atoms with E-state index in [1.807, 2.05) is 0 Å². The Kier molecular flexibility index (Phi) is 7.25. The molecule has 0 bridgehead atoms. The summed E-state index contributed by atoms with van der Waals surface area (Å²) in [4.78, 5) is 25.9. The maximum atomic E-state index is 13.6.